The molecule has 1 atom stereocenters. The zero-order valence-electron chi connectivity index (χ0n) is 16.5. The van der Waals surface area contributed by atoms with Crippen LogP contribution < -0.4 is 15.0 Å². The van der Waals surface area contributed by atoms with Crippen LogP contribution in [0, 0.1) is 0 Å². The van der Waals surface area contributed by atoms with Gasteiger partial charge in [0.25, 0.3) is 5.91 Å². The van der Waals surface area contributed by atoms with E-state index in [1.165, 1.54) is 12.5 Å². The van der Waals surface area contributed by atoms with Gasteiger partial charge >= 0.3 is 0 Å². The van der Waals surface area contributed by atoms with Crippen LogP contribution >= 0.6 is 0 Å². The van der Waals surface area contributed by atoms with E-state index in [0.29, 0.717) is 18.7 Å². The van der Waals surface area contributed by atoms with Gasteiger partial charge in [-0.15, -0.1) is 0 Å². The van der Waals surface area contributed by atoms with Crippen LogP contribution in [0.3, 0.4) is 0 Å². The van der Waals surface area contributed by atoms with Gasteiger partial charge in [0.05, 0.1) is 37.2 Å². The number of amides is 1. The summed E-state index contributed by atoms with van der Waals surface area (Å²) in [6.45, 7) is 1.02. The zero-order valence-corrected chi connectivity index (χ0v) is 16.5. The van der Waals surface area contributed by atoms with Crippen LogP contribution in [0.1, 0.15) is 21.5 Å². The normalized spacial score (nSPS) is 15.9. The van der Waals surface area contributed by atoms with Crippen molar-refractivity contribution in [3.05, 3.63) is 83.8 Å². The number of furan rings is 1. The highest BCUT2D eigenvalue weighted by molar-refractivity contribution is 6.16. The lowest BCUT2D eigenvalue weighted by molar-refractivity contribution is 0.0951. The van der Waals surface area contributed by atoms with E-state index in [2.05, 4.69) is 22.3 Å². The van der Waals surface area contributed by atoms with Crippen LogP contribution in [0.4, 0.5) is 5.69 Å². The van der Waals surface area contributed by atoms with Gasteiger partial charge in [-0.2, -0.15) is 0 Å². The fourth-order valence-electron chi connectivity index (χ4n) is 3.48. The van der Waals surface area contributed by atoms with Crippen LogP contribution in [-0.2, 0) is 0 Å². The highest BCUT2D eigenvalue weighted by atomic mass is 16.5. The summed E-state index contributed by atoms with van der Waals surface area (Å²) in [6, 6.07) is 17.8. The average molecular weight is 389 g/mol. The highest BCUT2D eigenvalue weighted by Crippen LogP contribution is 2.31. The van der Waals surface area contributed by atoms with E-state index in [9.17, 15) is 4.79 Å². The molecule has 2 aromatic carbocycles. The first-order valence-electron chi connectivity index (χ1n) is 9.49. The van der Waals surface area contributed by atoms with E-state index >= 15 is 0 Å². The number of fused-ring (bicyclic) bond motifs is 1. The van der Waals surface area contributed by atoms with Gasteiger partial charge in [0.1, 0.15) is 12.0 Å². The number of hydrogen-bond acceptors (Lipinski definition) is 5. The van der Waals surface area contributed by atoms with Gasteiger partial charge in [-0.1, -0.05) is 30.3 Å². The average Bonchev–Trinajstić information content (AvgIpc) is 3.27. The van der Waals surface area contributed by atoms with E-state index in [1.807, 2.05) is 43.4 Å². The Hall–Kier alpha value is -3.54. The topological polar surface area (TPSA) is 67.1 Å². The van der Waals surface area contributed by atoms with E-state index in [0.717, 1.165) is 28.3 Å². The number of carbonyl (C=O) groups is 1. The number of benzene rings is 2. The Morgan fingerprint density at radius 3 is 2.79 bits per heavy atom. The molecule has 0 saturated heterocycles. The SMILES string of the molecule is COc1ccc2c(c1)N(C)C(CNC(=O)c1ccoc1)CN=C2c1ccccc1. The Morgan fingerprint density at radius 2 is 2.07 bits per heavy atom. The predicted molar refractivity (Wildman–Crippen MR) is 113 cm³/mol. The number of nitrogens with one attached hydrogen (secondary N) is 1. The predicted octanol–water partition coefficient (Wildman–Crippen LogP) is 3.37. The second kappa shape index (κ2) is 8.22. The van der Waals surface area contributed by atoms with Gasteiger partial charge in [-0.25, -0.2) is 0 Å². The molecule has 0 radical (unpaired) electrons. The molecule has 6 heteroatoms. The van der Waals surface area contributed by atoms with Crippen LogP contribution in [-0.4, -0.2) is 44.9 Å². The lowest BCUT2D eigenvalue weighted by Crippen LogP contribution is -2.43. The Kier molecular flexibility index (Phi) is 5.33. The Morgan fingerprint density at radius 1 is 1.24 bits per heavy atom. The number of likely N-dealkylation sites (N-methyl/N-ethyl adjacent to an activating group) is 1. The lowest BCUT2D eigenvalue weighted by Gasteiger charge is -2.29. The van der Waals surface area contributed by atoms with E-state index < -0.39 is 0 Å². The lowest BCUT2D eigenvalue weighted by atomic mass is 10.00. The molecule has 29 heavy (non-hydrogen) atoms. The molecule has 0 fully saturated rings. The van der Waals surface area contributed by atoms with Gasteiger partial charge in [-0.05, 0) is 18.2 Å². The molecule has 1 aromatic heterocycles. The number of methoxy groups -OCH3 is 1. The van der Waals surface area contributed by atoms with E-state index in [4.69, 9.17) is 14.1 Å². The molecule has 6 nitrogen and oxygen atoms in total. The zero-order chi connectivity index (χ0) is 20.2. The van der Waals surface area contributed by atoms with Crippen molar-refractivity contribution in [1.82, 2.24) is 5.32 Å². The number of aliphatic imine (C=N–C) groups is 1. The maximum atomic E-state index is 12.3. The monoisotopic (exact) mass is 389 g/mol. The van der Waals surface area contributed by atoms with E-state index in [-0.39, 0.29) is 11.9 Å². The van der Waals surface area contributed by atoms with E-state index in [1.54, 1.807) is 13.2 Å². The third-order valence-corrected chi connectivity index (χ3v) is 5.18. The molecule has 1 aliphatic rings. The molecule has 0 saturated carbocycles. The summed E-state index contributed by atoms with van der Waals surface area (Å²) in [5, 5.41) is 2.99. The molecule has 2 heterocycles. The minimum atomic E-state index is -0.158. The number of benzodiazepines with no additional fused rings is 1. The summed E-state index contributed by atoms with van der Waals surface area (Å²) < 4.78 is 10.4. The molecule has 1 unspecified atom stereocenters. The maximum absolute atomic E-state index is 12.3. The molecule has 0 spiro atoms. The molecule has 0 aliphatic carbocycles. The quantitative estimate of drug-likeness (QED) is 0.727. The molecule has 1 amide bonds. The summed E-state index contributed by atoms with van der Waals surface area (Å²) in [5.74, 6) is 0.626. The Labute approximate surface area is 169 Å². The maximum Gasteiger partial charge on any atom is 0.254 e. The largest absolute Gasteiger partial charge is 0.497 e. The number of nitrogens with zero attached hydrogens (tertiary/aromatic N) is 2. The van der Waals surface area contributed by atoms with Crippen molar-refractivity contribution in [2.24, 2.45) is 4.99 Å². The van der Waals surface area contributed by atoms with Crippen LogP contribution in [0.2, 0.25) is 0 Å². The summed E-state index contributed by atoms with van der Waals surface area (Å²) in [6.07, 6.45) is 2.93. The molecule has 1 aliphatic heterocycles. The molecular weight excluding hydrogens is 366 g/mol. The van der Waals surface area contributed by atoms with Gasteiger partial charge in [0, 0.05) is 36.5 Å². The molecule has 4 rings (SSSR count). The van der Waals surface area contributed by atoms with Crippen molar-refractivity contribution in [2.45, 2.75) is 6.04 Å². The number of carbonyl (C=O) groups excluding carboxylic acids is 1. The number of anilines is 1. The third kappa shape index (κ3) is 3.87. The van der Waals surface area contributed by atoms with Crippen molar-refractivity contribution in [3.8, 4) is 5.75 Å². The first-order valence-corrected chi connectivity index (χ1v) is 9.49. The van der Waals surface area contributed by atoms with Gasteiger partial charge in [0.15, 0.2) is 0 Å². The van der Waals surface area contributed by atoms with Crippen LogP contribution in [0.25, 0.3) is 0 Å². The first-order chi connectivity index (χ1) is 14.2. The minimum Gasteiger partial charge on any atom is -0.497 e. The summed E-state index contributed by atoms with van der Waals surface area (Å²) in [7, 11) is 3.68. The number of rotatable bonds is 5. The first kappa shape index (κ1) is 18.8. The molecular formula is C23H23N3O3. The molecule has 148 valence electrons. The third-order valence-electron chi connectivity index (χ3n) is 5.18. The van der Waals surface area contributed by atoms with Crippen molar-refractivity contribution >= 4 is 17.3 Å². The van der Waals surface area contributed by atoms with Gasteiger partial charge < -0.3 is 19.4 Å². The second-order valence-electron chi connectivity index (χ2n) is 6.93. The summed E-state index contributed by atoms with van der Waals surface area (Å²) in [4.78, 5) is 19.4. The highest BCUT2D eigenvalue weighted by Gasteiger charge is 2.25. The van der Waals surface area contributed by atoms with Crippen molar-refractivity contribution in [1.29, 1.82) is 0 Å². The molecule has 0 bridgehead atoms. The van der Waals surface area contributed by atoms with Crippen LogP contribution in [0.5, 0.6) is 5.75 Å². The molecule has 1 N–H and O–H groups in total. The fraction of sp³-hybridized carbons (Fsp3) is 0.217. The fourth-order valence-corrected chi connectivity index (χ4v) is 3.48. The molecule has 3 aromatic rings. The summed E-state index contributed by atoms with van der Waals surface area (Å²) in [5.41, 5.74) is 4.58. The standard InChI is InChI=1S/C23H23N3O3/c1-26-18(14-25-23(27)17-10-11-29-15-17)13-24-22(16-6-4-3-5-7-16)20-9-8-19(28-2)12-21(20)26/h3-12,15,18H,13-14H2,1-2H3,(H,25,27). The Bertz CT molecular complexity index is 1010. The number of hydrogen-bond donors (Lipinski definition) is 1. The van der Waals surface area contributed by atoms with Crippen LogP contribution in [0.15, 0.2) is 76.5 Å². The van der Waals surface area contributed by atoms with Gasteiger partial charge in [0.2, 0.25) is 0 Å². The smallest absolute Gasteiger partial charge is 0.254 e. The number of ether oxygens (including phenoxy) is 1. The van der Waals surface area contributed by atoms with Crippen molar-refractivity contribution in [3.63, 3.8) is 0 Å². The second-order valence-corrected chi connectivity index (χ2v) is 6.93. The van der Waals surface area contributed by atoms with Crippen molar-refractivity contribution < 1.29 is 13.9 Å². The summed E-state index contributed by atoms with van der Waals surface area (Å²) >= 11 is 0. The minimum absolute atomic E-state index is 0.00193. The van der Waals surface area contributed by atoms with Crippen molar-refractivity contribution in [2.75, 3.05) is 32.1 Å². The van der Waals surface area contributed by atoms with Gasteiger partial charge in [-0.3, -0.25) is 9.79 Å². The Balaban J connectivity index is 1.65.